The summed E-state index contributed by atoms with van der Waals surface area (Å²) < 4.78 is 18.5. The van der Waals surface area contributed by atoms with Gasteiger partial charge in [0.25, 0.3) is 0 Å². The van der Waals surface area contributed by atoms with Crippen LogP contribution in [0.3, 0.4) is 0 Å². The summed E-state index contributed by atoms with van der Waals surface area (Å²) in [6, 6.07) is 7.61. The number of aromatic nitrogens is 2. The minimum Gasteiger partial charge on any atom is -0.460 e. The van der Waals surface area contributed by atoms with Crippen molar-refractivity contribution in [3.8, 4) is 6.01 Å². The van der Waals surface area contributed by atoms with Crippen molar-refractivity contribution in [1.29, 1.82) is 0 Å². The van der Waals surface area contributed by atoms with E-state index >= 15 is 0 Å². The minimum absolute atomic E-state index is 0.00673. The molecule has 1 aromatic carbocycles. The van der Waals surface area contributed by atoms with Gasteiger partial charge in [0.15, 0.2) is 0 Å². The topological polar surface area (TPSA) is 67.4 Å². The number of anilines is 1. The Hall–Kier alpha value is -2.70. The fraction of sp³-hybridized carbons (Fsp3) is 0.312. The van der Waals surface area contributed by atoms with Crippen LogP contribution in [0, 0.1) is 5.82 Å². The third kappa shape index (κ3) is 4.15. The maximum Gasteiger partial charge on any atom is 0.321 e. The van der Waals surface area contributed by atoms with Crippen molar-refractivity contribution in [2.24, 2.45) is 0 Å². The summed E-state index contributed by atoms with van der Waals surface area (Å²) in [6.45, 7) is 1.18. The van der Waals surface area contributed by atoms with E-state index in [0.29, 0.717) is 24.8 Å². The lowest BCUT2D eigenvalue weighted by Gasteiger charge is -2.31. The molecule has 2 aromatic rings. The van der Waals surface area contributed by atoms with Gasteiger partial charge in [0.05, 0.1) is 0 Å². The molecule has 1 aliphatic heterocycles. The van der Waals surface area contributed by atoms with Crippen molar-refractivity contribution in [2.75, 3.05) is 18.4 Å². The van der Waals surface area contributed by atoms with Crippen molar-refractivity contribution in [3.05, 3.63) is 48.5 Å². The Morgan fingerprint density at radius 2 is 1.83 bits per heavy atom. The van der Waals surface area contributed by atoms with Crippen LogP contribution in [0.25, 0.3) is 0 Å². The highest BCUT2D eigenvalue weighted by Crippen LogP contribution is 2.17. The number of hydrogen-bond donors (Lipinski definition) is 1. The van der Waals surface area contributed by atoms with E-state index in [-0.39, 0.29) is 18.0 Å². The lowest BCUT2D eigenvalue weighted by molar-refractivity contribution is 0.107. The van der Waals surface area contributed by atoms with E-state index in [1.165, 1.54) is 24.3 Å². The number of ether oxygens (including phenoxy) is 1. The summed E-state index contributed by atoms with van der Waals surface area (Å²) >= 11 is 0. The molecule has 3 rings (SSSR count). The second-order valence-electron chi connectivity index (χ2n) is 5.27. The Morgan fingerprint density at radius 3 is 2.48 bits per heavy atom. The number of likely N-dealkylation sites (tertiary alicyclic amines) is 1. The van der Waals surface area contributed by atoms with Gasteiger partial charge in [-0.05, 0) is 30.3 Å². The van der Waals surface area contributed by atoms with Crippen LogP contribution in [0.15, 0.2) is 42.7 Å². The third-order valence-electron chi connectivity index (χ3n) is 3.64. The highest BCUT2D eigenvalue weighted by molar-refractivity contribution is 5.89. The lowest BCUT2D eigenvalue weighted by Crippen LogP contribution is -2.43. The van der Waals surface area contributed by atoms with Gasteiger partial charge >= 0.3 is 12.0 Å². The molecule has 0 atom stereocenters. The number of nitrogens with zero attached hydrogens (tertiary/aromatic N) is 3. The molecular weight excluding hydrogens is 299 g/mol. The number of amides is 2. The molecule has 0 aliphatic carbocycles. The largest absolute Gasteiger partial charge is 0.460 e. The van der Waals surface area contributed by atoms with Gasteiger partial charge in [0.2, 0.25) is 0 Å². The number of carbonyl (C=O) groups is 1. The van der Waals surface area contributed by atoms with Gasteiger partial charge in [0.1, 0.15) is 11.9 Å². The average molecular weight is 316 g/mol. The molecule has 6 nitrogen and oxygen atoms in total. The fourth-order valence-electron chi connectivity index (χ4n) is 2.41. The Bertz CT molecular complexity index is 643. The van der Waals surface area contributed by atoms with E-state index in [1.54, 1.807) is 23.4 Å². The van der Waals surface area contributed by atoms with E-state index in [1.807, 2.05) is 0 Å². The predicted molar refractivity (Wildman–Crippen MR) is 82.7 cm³/mol. The summed E-state index contributed by atoms with van der Waals surface area (Å²) in [5.41, 5.74) is 0.576. The number of urea groups is 1. The van der Waals surface area contributed by atoms with Gasteiger partial charge in [-0.3, -0.25) is 0 Å². The van der Waals surface area contributed by atoms with E-state index in [4.69, 9.17) is 4.74 Å². The van der Waals surface area contributed by atoms with E-state index in [9.17, 15) is 9.18 Å². The van der Waals surface area contributed by atoms with Gasteiger partial charge < -0.3 is 15.0 Å². The SMILES string of the molecule is O=C(Nc1ccc(F)cc1)N1CCC(Oc2ncccn2)CC1. The van der Waals surface area contributed by atoms with Crippen molar-refractivity contribution in [3.63, 3.8) is 0 Å². The molecular formula is C16H17FN4O2. The molecule has 2 amide bonds. The van der Waals surface area contributed by atoms with Crippen LogP contribution in [0.4, 0.5) is 14.9 Å². The van der Waals surface area contributed by atoms with Crippen molar-refractivity contribution in [2.45, 2.75) is 18.9 Å². The van der Waals surface area contributed by atoms with Crippen LogP contribution < -0.4 is 10.1 Å². The number of hydrogen-bond acceptors (Lipinski definition) is 4. The molecule has 0 spiro atoms. The van der Waals surface area contributed by atoms with Gasteiger partial charge in [-0.2, -0.15) is 0 Å². The Balaban J connectivity index is 1.48. The normalized spacial score (nSPS) is 15.3. The molecule has 0 bridgehead atoms. The van der Waals surface area contributed by atoms with Crippen molar-refractivity contribution < 1.29 is 13.9 Å². The number of carbonyl (C=O) groups excluding carboxylic acids is 1. The first-order chi connectivity index (χ1) is 11.2. The quantitative estimate of drug-likeness (QED) is 0.945. The molecule has 1 saturated heterocycles. The zero-order valence-electron chi connectivity index (χ0n) is 12.5. The molecule has 0 unspecified atom stereocenters. The van der Waals surface area contributed by atoms with Gasteiger partial charge in [0, 0.05) is 44.0 Å². The van der Waals surface area contributed by atoms with Crippen LogP contribution in [0.5, 0.6) is 6.01 Å². The van der Waals surface area contributed by atoms with Gasteiger partial charge in [-0.1, -0.05) is 0 Å². The molecule has 120 valence electrons. The number of benzene rings is 1. The predicted octanol–water partition coefficient (Wildman–Crippen LogP) is 2.69. The molecule has 0 radical (unpaired) electrons. The highest BCUT2D eigenvalue weighted by Gasteiger charge is 2.24. The monoisotopic (exact) mass is 316 g/mol. The molecule has 7 heteroatoms. The van der Waals surface area contributed by atoms with Gasteiger partial charge in [-0.15, -0.1) is 0 Å². The summed E-state index contributed by atoms with van der Waals surface area (Å²) in [5.74, 6) is -0.330. The number of piperidine rings is 1. The number of nitrogens with one attached hydrogen (secondary N) is 1. The molecule has 1 aliphatic rings. The van der Waals surface area contributed by atoms with Crippen molar-refractivity contribution >= 4 is 11.7 Å². The third-order valence-corrected chi connectivity index (χ3v) is 3.64. The minimum atomic E-state index is -0.330. The first kappa shape index (κ1) is 15.2. The Morgan fingerprint density at radius 1 is 1.17 bits per heavy atom. The van der Waals surface area contributed by atoms with Crippen LogP contribution in [-0.4, -0.2) is 40.1 Å². The molecule has 23 heavy (non-hydrogen) atoms. The van der Waals surface area contributed by atoms with E-state index < -0.39 is 0 Å². The zero-order valence-corrected chi connectivity index (χ0v) is 12.5. The molecule has 1 fully saturated rings. The van der Waals surface area contributed by atoms with Crippen LogP contribution in [0.1, 0.15) is 12.8 Å². The smallest absolute Gasteiger partial charge is 0.321 e. The second-order valence-corrected chi connectivity index (χ2v) is 5.27. The maximum atomic E-state index is 12.9. The first-order valence-corrected chi connectivity index (χ1v) is 7.46. The van der Waals surface area contributed by atoms with E-state index in [2.05, 4.69) is 15.3 Å². The standard InChI is InChI=1S/C16H17FN4O2/c17-12-2-4-13(5-3-12)20-16(22)21-10-6-14(7-11-21)23-15-18-8-1-9-19-15/h1-5,8-9,14H,6-7,10-11H2,(H,20,22). The fourth-order valence-corrected chi connectivity index (χ4v) is 2.41. The maximum absolute atomic E-state index is 12.9. The molecule has 0 saturated carbocycles. The highest BCUT2D eigenvalue weighted by atomic mass is 19.1. The number of halogens is 1. The molecule has 1 aromatic heterocycles. The van der Waals surface area contributed by atoms with E-state index in [0.717, 1.165) is 12.8 Å². The summed E-state index contributed by atoms with van der Waals surface area (Å²) in [4.78, 5) is 22.0. The van der Waals surface area contributed by atoms with Gasteiger partial charge in [-0.25, -0.2) is 19.2 Å². The number of rotatable bonds is 3. The first-order valence-electron chi connectivity index (χ1n) is 7.46. The second kappa shape index (κ2) is 7.04. The summed E-state index contributed by atoms with van der Waals surface area (Å²) in [5, 5.41) is 2.76. The van der Waals surface area contributed by atoms with Crippen molar-refractivity contribution in [1.82, 2.24) is 14.9 Å². The summed E-state index contributed by atoms with van der Waals surface area (Å²) in [6.07, 6.45) is 4.71. The molecule has 1 N–H and O–H groups in total. The van der Waals surface area contributed by atoms with Crippen LogP contribution in [0.2, 0.25) is 0 Å². The zero-order chi connectivity index (χ0) is 16.1. The Labute approximate surface area is 133 Å². The molecule has 2 heterocycles. The average Bonchev–Trinajstić information content (AvgIpc) is 2.58. The van der Waals surface area contributed by atoms with Crippen LogP contribution >= 0.6 is 0 Å². The Kier molecular flexibility index (Phi) is 4.65. The lowest BCUT2D eigenvalue weighted by atomic mass is 10.1. The van der Waals surface area contributed by atoms with Crippen LogP contribution in [-0.2, 0) is 0 Å². The summed E-state index contributed by atoms with van der Waals surface area (Å²) in [7, 11) is 0.